The number of methoxy groups -OCH3 is 2. The van der Waals surface area contributed by atoms with Crippen LogP contribution in [0.5, 0.6) is 11.5 Å². The van der Waals surface area contributed by atoms with Crippen LogP contribution in [0.15, 0.2) is 46.7 Å². The summed E-state index contributed by atoms with van der Waals surface area (Å²) in [5, 5.41) is 2.97. The monoisotopic (exact) mass is 512 g/mol. The van der Waals surface area contributed by atoms with Crippen LogP contribution in [0.4, 0.5) is 5.13 Å². The van der Waals surface area contributed by atoms with Crippen LogP contribution in [0.2, 0.25) is 10.0 Å². The maximum Gasteiger partial charge on any atom is 0.185 e. The van der Waals surface area contributed by atoms with Gasteiger partial charge in [-0.1, -0.05) is 23.2 Å². The second-order valence-corrected chi connectivity index (χ2v) is 11.3. The van der Waals surface area contributed by atoms with Crippen molar-refractivity contribution in [3.8, 4) is 22.8 Å². The largest absolute Gasteiger partial charge is 0.497 e. The minimum atomic E-state index is -3.48. The Balaban J connectivity index is 1.48. The van der Waals surface area contributed by atoms with Crippen LogP contribution in [0, 0.1) is 0 Å². The first-order chi connectivity index (χ1) is 15.3. The SMILES string of the molecule is COc1ccc(-c2csc(N3CCC(S(=O)(=O)c4ccc(Cl)c(Cl)c4)CC3)n2)c(OC)c1. The molecule has 1 aliphatic heterocycles. The molecule has 170 valence electrons. The van der Waals surface area contributed by atoms with E-state index < -0.39 is 15.1 Å². The number of aromatic nitrogens is 1. The molecule has 32 heavy (non-hydrogen) atoms. The number of benzene rings is 2. The summed E-state index contributed by atoms with van der Waals surface area (Å²) in [6.07, 6.45) is 1.03. The van der Waals surface area contributed by atoms with Gasteiger partial charge in [-0.25, -0.2) is 13.4 Å². The number of halogens is 2. The van der Waals surface area contributed by atoms with Crippen molar-refractivity contribution in [1.82, 2.24) is 4.98 Å². The van der Waals surface area contributed by atoms with E-state index in [4.69, 9.17) is 37.7 Å². The first-order valence-electron chi connectivity index (χ1n) is 9.95. The highest BCUT2D eigenvalue weighted by Gasteiger charge is 2.32. The van der Waals surface area contributed by atoms with Gasteiger partial charge in [0.25, 0.3) is 0 Å². The van der Waals surface area contributed by atoms with Gasteiger partial charge in [0.1, 0.15) is 11.5 Å². The quantitative estimate of drug-likeness (QED) is 0.429. The van der Waals surface area contributed by atoms with Crippen molar-refractivity contribution in [2.24, 2.45) is 0 Å². The maximum absolute atomic E-state index is 13.0. The highest BCUT2D eigenvalue weighted by atomic mass is 35.5. The lowest BCUT2D eigenvalue weighted by Gasteiger charge is -2.31. The molecule has 2 heterocycles. The van der Waals surface area contributed by atoms with E-state index in [2.05, 4.69) is 4.90 Å². The standard InChI is InChI=1S/C22H22Cl2N2O4S2/c1-29-14-3-5-17(21(11-14)30-2)20-13-31-22(25-20)26-9-7-15(8-10-26)32(27,28)16-4-6-18(23)19(24)12-16/h3-6,11-13,15H,7-10H2,1-2H3. The van der Waals surface area contributed by atoms with Gasteiger partial charge in [-0.2, -0.15) is 0 Å². The molecule has 0 radical (unpaired) electrons. The molecule has 10 heteroatoms. The molecule has 0 bridgehead atoms. The number of nitrogens with zero attached hydrogens (tertiary/aromatic N) is 2. The van der Waals surface area contributed by atoms with E-state index in [1.165, 1.54) is 29.5 Å². The molecule has 1 saturated heterocycles. The molecule has 1 fully saturated rings. The molecule has 0 aliphatic carbocycles. The first-order valence-corrected chi connectivity index (χ1v) is 13.1. The average Bonchev–Trinajstić information content (AvgIpc) is 3.30. The van der Waals surface area contributed by atoms with E-state index in [1.807, 2.05) is 23.6 Å². The molecule has 0 spiro atoms. The summed E-state index contributed by atoms with van der Waals surface area (Å²) in [6, 6.07) is 10.1. The number of piperidine rings is 1. The highest BCUT2D eigenvalue weighted by molar-refractivity contribution is 7.92. The normalized spacial score (nSPS) is 15.1. The number of rotatable bonds is 6. The van der Waals surface area contributed by atoms with Crippen molar-refractivity contribution in [1.29, 1.82) is 0 Å². The summed E-state index contributed by atoms with van der Waals surface area (Å²) < 4.78 is 36.9. The van der Waals surface area contributed by atoms with E-state index in [0.29, 0.717) is 42.5 Å². The third kappa shape index (κ3) is 4.55. The van der Waals surface area contributed by atoms with Gasteiger partial charge in [0.2, 0.25) is 0 Å². The van der Waals surface area contributed by atoms with Crippen molar-refractivity contribution < 1.29 is 17.9 Å². The minimum absolute atomic E-state index is 0.216. The first kappa shape index (κ1) is 23.2. The Labute approximate surface area is 201 Å². The second-order valence-electron chi connectivity index (χ2n) is 7.39. The maximum atomic E-state index is 13.0. The fourth-order valence-electron chi connectivity index (χ4n) is 3.75. The summed E-state index contributed by atoms with van der Waals surface area (Å²) in [5.74, 6) is 1.40. The smallest absolute Gasteiger partial charge is 0.185 e. The third-order valence-electron chi connectivity index (χ3n) is 5.55. The Kier molecular flexibility index (Phi) is 6.86. The zero-order valence-electron chi connectivity index (χ0n) is 17.5. The van der Waals surface area contributed by atoms with Crippen LogP contribution in [0.25, 0.3) is 11.3 Å². The Morgan fingerprint density at radius 3 is 2.44 bits per heavy atom. The Bertz CT molecular complexity index is 1220. The number of sulfone groups is 1. The molecule has 3 aromatic rings. The van der Waals surface area contributed by atoms with Crippen molar-refractivity contribution in [2.45, 2.75) is 23.0 Å². The summed E-state index contributed by atoms with van der Waals surface area (Å²) in [5.41, 5.74) is 1.70. The molecule has 2 aromatic carbocycles. The predicted octanol–water partition coefficient (Wildman–Crippen LogP) is 5.58. The molecule has 0 atom stereocenters. The van der Waals surface area contributed by atoms with Gasteiger partial charge in [-0.3, -0.25) is 0 Å². The molecular formula is C22H22Cl2N2O4S2. The van der Waals surface area contributed by atoms with Crippen LogP contribution in [-0.2, 0) is 9.84 Å². The zero-order chi connectivity index (χ0) is 22.9. The number of hydrogen-bond donors (Lipinski definition) is 0. The molecular weight excluding hydrogens is 491 g/mol. The Hall–Kier alpha value is -2.00. The molecule has 0 N–H and O–H groups in total. The zero-order valence-corrected chi connectivity index (χ0v) is 20.7. The van der Waals surface area contributed by atoms with Gasteiger partial charge < -0.3 is 14.4 Å². The summed E-state index contributed by atoms with van der Waals surface area (Å²) in [4.78, 5) is 7.12. The molecule has 6 nitrogen and oxygen atoms in total. The van der Waals surface area contributed by atoms with Crippen LogP contribution in [0.3, 0.4) is 0 Å². The predicted molar refractivity (Wildman–Crippen MR) is 130 cm³/mol. The fraction of sp³-hybridized carbons (Fsp3) is 0.318. The van der Waals surface area contributed by atoms with E-state index in [1.54, 1.807) is 14.2 Å². The molecule has 1 aliphatic rings. The van der Waals surface area contributed by atoms with Crippen molar-refractivity contribution in [3.05, 3.63) is 51.8 Å². The number of anilines is 1. The lowest BCUT2D eigenvalue weighted by Crippen LogP contribution is -2.39. The summed E-state index contributed by atoms with van der Waals surface area (Å²) in [7, 11) is -0.248. The molecule has 0 saturated carbocycles. The lowest BCUT2D eigenvalue weighted by atomic mass is 10.1. The summed E-state index contributed by atoms with van der Waals surface area (Å²) >= 11 is 13.5. The van der Waals surface area contributed by atoms with Gasteiger partial charge in [0.15, 0.2) is 15.0 Å². The van der Waals surface area contributed by atoms with Crippen molar-refractivity contribution in [2.75, 3.05) is 32.2 Å². The molecule has 4 rings (SSSR count). The number of ether oxygens (including phenoxy) is 2. The number of thiazole rings is 1. The van der Waals surface area contributed by atoms with Crippen LogP contribution >= 0.6 is 34.5 Å². The topological polar surface area (TPSA) is 68.7 Å². The number of hydrogen-bond acceptors (Lipinski definition) is 7. The van der Waals surface area contributed by atoms with E-state index >= 15 is 0 Å². The molecule has 1 aromatic heterocycles. The van der Waals surface area contributed by atoms with Gasteiger partial charge in [0, 0.05) is 30.1 Å². The van der Waals surface area contributed by atoms with E-state index in [0.717, 1.165) is 16.4 Å². The second kappa shape index (κ2) is 9.47. The van der Waals surface area contributed by atoms with Gasteiger partial charge in [-0.15, -0.1) is 11.3 Å². The Morgan fingerprint density at radius 1 is 1.03 bits per heavy atom. The van der Waals surface area contributed by atoms with Gasteiger partial charge >= 0.3 is 0 Å². The highest BCUT2D eigenvalue weighted by Crippen LogP contribution is 2.37. The average molecular weight is 513 g/mol. The molecule has 0 unspecified atom stereocenters. The van der Waals surface area contributed by atoms with Crippen molar-refractivity contribution in [3.63, 3.8) is 0 Å². The summed E-state index contributed by atoms with van der Waals surface area (Å²) in [6.45, 7) is 1.22. The van der Waals surface area contributed by atoms with E-state index in [9.17, 15) is 8.42 Å². The molecule has 0 amide bonds. The fourth-order valence-corrected chi connectivity index (χ4v) is 6.75. The Morgan fingerprint density at radius 2 is 1.78 bits per heavy atom. The van der Waals surface area contributed by atoms with Crippen LogP contribution in [0.1, 0.15) is 12.8 Å². The van der Waals surface area contributed by atoms with Gasteiger partial charge in [0.05, 0.1) is 40.1 Å². The van der Waals surface area contributed by atoms with Crippen LogP contribution < -0.4 is 14.4 Å². The van der Waals surface area contributed by atoms with E-state index in [-0.39, 0.29) is 9.92 Å². The van der Waals surface area contributed by atoms with Crippen LogP contribution in [-0.4, -0.2) is 46.0 Å². The van der Waals surface area contributed by atoms with Crippen molar-refractivity contribution >= 4 is 49.5 Å². The van der Waals surface area contributed by atoms with Gasteiger partial charge in [-0.05, 0) is 43.2 Å². The lowest BCUT2D eigenvalue weighted by molar-refractivity contribution is 0.395. The third-order valence-corrected chi connectivity index (χ3v) is 9.45. The minimum Gasteiger partial charge on any atom is -0.497 e.